The number of carbonyl (C=O) groups excluding carboxylic acids is 1. The van der Waals surface area contributed by atoms with Crippen molar-refractivity contribution in [3.8, 4) is 5.75 Å². The molecule has 2 rings (SSSR count). The Morgan fingerprint density at radius 2 is 2.32 bits per heavy atom. The molecule has 4 nitrogen and oxygen atoms in total. The number of nitrogens with one attached hydrogen (secondary N) is 1. The number of rotatable bonds is 5. The van der Waals surface area contributed by atoms with E-state index in [1.54, 1.807) is 0 Å². The van der Waals surface area contributed by atoms with Gasteiger partial charge in [0.05, 0.1) is 12.6 Å². The average molecular weight is 262 g/mol. The number of fused-ring (bicyclic) bond motifs is 1. The molecule has 1 aromatic rings. The fourth-order valence-electron chi connectivity index (χ4n) is 2.36. The molecule has 104 valence electrons. The van der Waals surface area contributed by atoms with E-state index < -0.39 is 0 Å². The molecule has 1 aliphatic rings. The van der Waals surface area contributed by atoms with Gasteiger partial charge < -0.3 is 15.8 Å². The van der Waals surface area contributed by atoms with Crippen LogP contribution in [0.15, 0.2) is 24.3 Å². The molecule has 4 heteroatoms. The van der Waals surface area contributed by atoms with Crippen LogP contribution in [0.4, 0.5) is 0 Å². The fraction of sp³-hybridized carbons (Fsp3) is 0.533. The van der Waals surface area contributed by atoms with Crippen LogP contribution >= 0.6 is 0 Å². The van der Waals surface area contributed by atoms with Crippen molar-refractivity contribution in [3.63, 3.8) is 0 Å². The van der Waals surface area contributed by atoms with Crippen molar-refractivity contribution in [2.45, 2.75) is 32.2 Å². The Labute approximate surface area is 114 Å². The summed E-state index contributed by atoms with van der Waals surface area (Å²) in [5, 5.41) is 3.12. The zero-order chi connectivity index (χ0) is 13.7. The lowest BCUT2D eigenvalue weighted by Gasteiger charge is -2.27. The van der Waals surface area contributed by atoms with Crippen molar-refractivity contribution in [2.24, 2.45) is 11.7 Å². The van der Waals surface area contributed by atoms with Gasteiger partial charge in [-0.15, -0.1) is 0 Å². The third kappa shape index (κ3) is 3.47. The molecule has 0 saturated carbocycles. The Morgan fingerprint density at radius 3 is 3.11 bits per heavy atom. The number of carbonyl (C=O) groups is 1. The van der Waals surface area contributed by atoms with Gasteiger partial charge in [0.25, 0.3) is 0 Å². The van der Waals surface area contributed by atoms with Crippen molar-refractivity contribution >= 4 is 5.91 Å². The first-order valence-corrected chi connectivity index (χ1v) is 6.94. The number of ether oxygens (including phenoxy) is 1. The third-order valence-electron chi connectivity index (χ3n) is 3.56. The van der Waals surface area contributed by atoms with Gasteiger partial charge in [-0.05, 0) is 25.5 Å². The summed E-state index contributed by atoms with van der Waals surface area (Å²) in [5.41, 5.74) is 6.55. The standard InChI is InChI=1S/C15H22N2O2/c1-11(5-4-9-16)15(18)17-13-8-10-19-14-7-3-2-6-12(13)14/h2-3,6-7,11,13H,4-5,8-10,16H2,1H3,(H,17,18). The number of para-hydroxylation sites is 1. The molecule has 1 aromatic carbocycles. The molecule has 1 heterocycles. The second kappa shape index (κ2) is 6.57. The highest BCUT2D eigenvalue weighted by molar-refractivity contribution is 5.78. The quantitative estimate of drug-likeness (QED) is 0.853. The lowest BCUT2D eigenvalue weighted by atomic mass is 9.98. The molecule has 19 heavy (non-hydrogen) atoms. The van der Waals surface area contributed by atoms with Gasteiger partial charge in [0.2, 0.25) is 5.91 Å². The second-order valence-corrected chi connectivity index (χ2v) is 5.07. The van der Waals surface area contributed by atoms with Crippen LogP contribution in [0.5, 0.6) is 5.75 Å². The third-order valence-corrected chi connectivity index (χ3v) is 3.56. The molecule has 1 amide bonds. The van der Waals surface area contributed by atoms with E-state index in [1.807, 2.05) is 31.2 Å². The first kappa shape index (κ1) is 13.9. The number of benzene rings is 1. The molecule has 0 radical (unpaired) electrons. The summed E-state index contributed by atoms with van der Waals surface area (Å²) in [6.07, 6.45) is 2.55. The maximum Gasteiger partial charge on any atom is 0.223 e. The van der Waals surface area contributed by atoms with Crippen LogP contribution in [0, 0.1) is 5.92 Å². The van der Waals surface area contributed by atoms with Crippen LogP contribution in [-0.2, 0) is 4.79 Å². The molecule has 0 spiro atoms. The van der Waals surface area contributed by atoms with Crippen LogP contribution in [0.3, 0.4) is 0 Å². The Kier molecular flexibility index (Phi) is 4.80. The Bertz CT molecular complexity index is 434. The van der Waals surface area contributed by atoms with Crippen LogP contribution in [-0.4, -0.2) is 19.1 Å². The van der Waals surface area contributed by atoms with Gasteiger partial charge in [-0.25, -0.2) is 0 Å². The molecule has 0 aromatic heterocycles. The van der Waals surface area contributed by atoms with Gasteiger partial charge in [-0.3, -0.25) is 4.79 Å². The molecule has 3 N–H and O–H groups in total. The Hall–Kier alpha value is -1.55. The zero-order valence-electron chi connectivity index (χ0n) is 11.4. The van der Waals surface area contributed by atoms with Crippen molar-refractivity contribution in [1.29, 1.82) is 0 Å². The molecule has 2 unspecified atom stereocenters. The fourth-order valence-corrected chi connectivity index (χ4v) is 2.36. The summed E-state index contributed by atoms with van der Waals surface area (Å²) in [6, 6.07) is 7.96. The minimum atomic E-state index is 0.0126. The van der Waals surface area contributed by atoms with Crippen LogP contribution in [0.25, 0.3) is 0 Å². The lowest BCUT2D eigenvalue weighted by molar-refractivity contribution is -0.125. The summed E-state index contributed by atoms with van der Waals surface area (Å²) in [4.78, 5) is 12.1. The maximum absolute atomic E-state index is 12.1. The predicted molar refractivity (Wildman–Crippen MR) is 74.9 cm³/mol. The van der Waals surface area contributed by atoms with Gasteiger partial charge in [-0.1, -0.05) is 25.1 Å². The van der Waals surface area contributed by atoms with E-state index in [4.69, 9.17) is 10.5 Å². The summed E-state index contributed by atoms with van der Waals surface area (Å²) in [6.45, 7) is 3.24. The van der Waals surface area contributed by atoms with E-state index in [1.165, 1.54) is 0 Å². The second-order valence-electron chi connectivity index (χ2n) is 5.07. The molecule has 0 aliphatic carbocycles. The van der Waals surface area contributed by atoms with E-state index in [-0.39, 0.29) is 17.9 Å². The summed E-state index contributed by atoms with van der Waals surface area (Å²) in [7, 11) is 0. The highest BCUT2D eigenvalue weighted by Crippen LogP contribution is 2.31. The minimum absolute atomic E-state index is 0.0126. The smallest absolute Gasteiger partial charge is 0.223 e. The van der Waals surface area contributed by atoms with E-state index in [9.17, 15) is 4.79 Å². The molecular formula is C15H22N2O2. The Balaban J connectivity index is 1.98. The van der Waals surface area contributed by atoms with Gasteiger partial charge >= 0.3 is 0 Å². The van der Waals surface area contributed by atoms with Crippen molar-refractivity contribution < 1.29 is 9.53 Å². The molecular weight excluding hydrogens is 240 g/mol. The van der Waals surface area contributed by atoms with E-state index in [0.717, 1.165) is 30.6 Å². The first-order chi connectivity index (χ1) is 9.22. The topological polar surface area (TPSA) is 64.4 Å². The number of hydrogen-bond acceptors (Lipinski definition) is 3. The van der Waals surface area contributed by atoms with Crippen molar-refractivity contribution in [2.75, 3.05) is 13.2 Å². The largest absolute Gasteiger partial charge is 0.493 e. The molecule has 1 aliphatic heterocycles. The molecule has 0 fully saturated rings. The van der Waals surface area contributed by atoms with Gasteiger partial charge in [-0.2, -0.15) is 0 Å². The normalized spacial score (nSPS) is 19.2. The lowest BCUT2D eigenvalue weighted by Crippen LogP contribution is -2.35. The van der Waals surface area contributed by atoms with Crippen molar-refractivity contribution in [3.05, 3.63) is 29.8 Å². The first-order valence-electron chi connectivity index (χ1n) is 6.94. The highest BCUT2D eigenvalue weighted by atomic mass is 16.5. The predicted octanol–water partition coefficient (Wildman–Crippen LogP) is 2.00. The van der Waals surface area contributed by atoms with Gasteiger partial charge in [0.15, 0.2) is 0 Å². The average Bonchev–Trinajstić information content (AvgIpc) is 2.45. The number of hydrogen-bond donors (Lipinski definition) is 2. The zero-order valence-corrected chi connectivity index (χ0v) is 11.4. The summed E-state index contributed by atoms with van der Waals surface area (Å²) in [5.74, 6) is 1.00. The van der Waals surface area contributed by atoms with E-state index in [2.05, 4.69) is 5.32 Å². The van der Waals surface area contributed by atoms with Crippen LogP contribution < -0.4 is 15.8 Å². The number of nitrogens with two attached hydrogens (primary N) is 1. The monoisotopic (exact) mass is 262 g/mol. The minimum Gasteiger partial charge on any atom is -0.493 e. The molecule has 0 saturated heterocycles. The Morgan fingerprint density at radius 1 is 1.53 bits per heavy atom. The van der Waals surface area contributed by atoms with E-state index >= 15 is 0 Å². The SMILES string of the molecule is CC(CCCN)C(=O)NC1CCOc2ccccc21. The van der Waals surface area contributed by atoms with Gasteiger partial charge in [0, 0.05) is 17.9 Å². The number of amides is 1. The summed E-state index contributed by atoms with van der Waals surface area (Å²) >= 11 is 0. The van der Waals surface area contributed by atoms with Gasteiger partial charge in [0.1, 0.15) is 5.75 Å². The molecule has 0 bridgehead atoms. The molecule has 2 atom stereocenters. The van der Waals surface area contributed by atoms with E-state index in [0.29, 0.717) is 13.2 Å². The highest BCUT2D eigenvalue weighted by Gasteiger charge is 2.24. The summed E-state index contributed by atoms with van der Waals surface area (Å²) < 4.78 is 5.59. The van der Waals surface area contributed by atoms with Crippen molar-refractivity contribution in [1.82, 2.24) is 5.32 Å². The maximum atomic E-state index is 12.1. The van der Waals surface area contributed by atoms with Crippen LogP contribution in [0.1, 0.15) is 37.8 Å². The van der Waals surface area contributed by atoms with Crippen LogP contribution in [0.2, 0.25) is 0 Å².